The van der Waals surface area contributed by atoms with Gasteiger partial charge in [0.15, 0.2) is 9.84 Å². The van der Waals surface area contributed by atoms with Crippen molar-refractivity contribution in [2.45, 2.75) is 31.6 Å². The molecule has 15 heavy (non-hydrogen) atoms. The van der Waals surface area contributed by atoms with Crippen LogP contribution in [0.1, 0.15) is 30.4 Å². The second-order valence-corrected chi connectivity index (χ2v) is 7.98. The summed E-state index contributed by atoms with van der Waals surface area (Å²) in [7, 11) is -3.29. The third-order valence-electron chi connectivity index (χ3n) is 2.68. The average molecular weight is 248 g/mol. The van der Waals surface area contributed by atoms with Gasteiger partial charge < -0.3 is 5.11 Å². The van der Waals surface area contributed by atoms with Gasteiger partial charge in [0.05, 0.1) is 10.9 Å². The third-order valence-corrected chi connectivity index (χ3v) is 5.69. The monoisotopic (exact) mass is 248 g/mol. The average Bonchev–Trinajstić information content (AvgIpc) is 2.48. The van der Waals surface area contributed by atoms with Gasteiger partial charge in [-0.1, -0.05) is 0 Å². The van der Waals surface area contributed by atoms with Crippen molar-refractivity contribution in [3.63, 3.8) is 0 Å². The summed E-state index contributed by atoms with van der Waals surface area (Å²) in [5.41, 5.74) is 0.674. The zero-order valence-electron chi connectivity index (χ0n) is 9.31. The number of aliphatic hydroxyl groups is 1. The fourth-order valence-corrected chi connectivity index (χ4v) is 2.48. The Balaban J connectivity index is 3.10. The summed E-state index contributed by atoms with van der Waals surface area (Å²) in [5, 5.41) is 11.8. The minimum Gasteiger partial charge on any atom is -0.387 e. The Morgan fingerprint density at radius 2 is 2.00 bits per heavy atom. The lowest BCUT2D eigenvalue weighted by Crippen LogP contribution is -2.37. The number of aryl methyl sites for hydroxylation is 1. The van der Waals surface area contributed by atoms with Crippen molar-refractivity contribution >= 4 is 21.2 Å². The van der Waals surface area contributed by atoms with Crippen LogP contribution >= 0.6 is 11.3 Å². The summed E-state index contributed by atoms with van der Waals surface area (Å²) < 4.78 is 21.9. The number of aliphatic hydroxyl groups excluding tert-OH is 1. The van der Waals surface area contributed by atoms with Crippen molar-refractivity contribution in [3.05, 3.63) is 21.9 Å². The molecule has 0 fully saturated rings. The number of hydrogen-bond donors (Lipinski definition) is 1. The summed E-state index contributed by atoms with van der Waals surface area (Å²) in [6, 6.07) is 1.82. The van der Waals surface area contributed by atoms with Crippen LogP contribution in [0, 0.1) is 6.92 Å². The summed E-state index contributed by atoms with van der Waals surface area (Å²) in [6.45, 7) is 5.01. The van der Waals surface area contributed by atoms with Crippen LogP contribution < -0.4 is 0 Å². The molecule has 1 atom stereocenters. The van der Waals surface area contributed by atoms with Crippen LogP contribution in [0.2, 0.25) is 0 Å². The maximum atomic E-state index is 11.5. The van der Waals surface area contributed by atoms with Crippen molar-refractivity contribution in [1.29, 1.82) is 0 Å². The van der Waals surface area contributed by atoms with Crippen LogP contribution in [0.3, 0.4) is 0 Å². The smallest absolute Gasteiger partial charge is 0.155 e. The van der Waals surface area contributed by atoms with Gasteiger partial charge in [0.2, 0.25) is 0 Å². The van der Waals surface area contributed by atoms with E-state index in [1.54, 1.807) is 19.2 Å². The van der Waals surface area contributed by atoms with E-state index in [9.17, 15) is 13.5 Å². The highest BCUT2D eigenvalue weighted by Crippen LogP contribution is 2.33. The largest absolute Gasteiger partial charge is 0.387 e. The molecule has 0 saturated carbocycles. The van der Waals surface area contributed by atoms with Gasteiger partial charge in [0.1, 0.15) is 0 Å². The van der Waals surface area contributed by atoms with Crippen LogP contribution in [0.4, 0.5) is 0 Å². The number of hydrogen-bond acceptors (Lipinski definition) is 4. The highest BCUT2D eigenvalue weighted by atomic mass is 32.2. The standard InChI is InChI=1S/C10H16O3S2/c1-7-5-8(6-14-7)9(11)10(2,3)15(4,12)13/h5-6,9,11H,1-4H3. The highest BCUT2D eigenvalue weighted by molar-refractivity contribution is 7.92. The van der Waals surface area contributed by atoms with Gasteiger partial charge in [-0.25, -0.2) is 8.42 Å². The Hall–Kier alpha value is -0.390. The van der Waals surface area contributed by atoms with E-state index in [0.717, 1.165) is 11.1 Å². The fraction of sp³-hybridized carbons (Fsp3) is 0.600. The molecule has 0 spiro atoms. The molecule has 1 N–H and O–H groups in total. The topological polar surface area (TPSA) is 54.4 Å². The molecule has 0 aliphatic carbocycles. The Kier molecular flexibility index (Phi) is 3.28. The van der Waals surface area contributed by atoms with Crippen molar-refractivity contribution in [3.8, 4) is 0 Å². The molecule has 0 amide bonds. The second kappa shape index (κ2) is 3.88. The molecule has 1 heterocycles. The van der Waals surface area contributed by atoms with Crippen molar-refractivity contribution < 1.29 is 13.5 Å². The predicted octanol–water partition coefficient (Wildman–Crippen LogP) is 1.91. The maximum Gasteiger partial charge on any atom is 0.155 e. The molecule has 0 aliphatic rings. The van der Waals surface area contributed by atoms with E-state index < -0.39 is 20.7 Å². The van der Waals surface area contributed by atoms with Crippen LogP contribution in [0.15, 0.2) is 11.4 Å². The van der Waals surface area contributed by atoms with Gasteiger partial charge >= 0.3 is 0 Å². The second-order valence-electron chi connectivity index (χ2n) is 4.27. The summed E-state index contributed by atoms with van der Waals surface area (Å²) in [6.07, 6.45) is 0.174. The first-order valence-electron chi connectivity index (χ1n) is 4.59. The van der Waals surface area contributed by atoms with Crippen LogP contribution in [-0.4, -0.2) is 24.5 Å². The van der Waals surface area contributed by atoms with E-state index in [1.807, 2.05) is 13.0 Å². The summed E-state index contributed by atoms with van der Waals surface area (Å²) >= 11 is 1.50. The number of thiophene rings is 1. The molecule has 1 aromatic heterocycles. The molecular weight excluding hydrogens is 232 g/mol. The first kappa shape index (κ1) is 12.7. The molecule has 0 aromatic carbocycles. The van der Waals surface area contributed by atoms with Crippen LogP contribution in [0.25, 0.3) is 0 Å². The summed E-state index contributed by atoms with van der Waals surface area (Å²) in [5.74, 6) is 0. The fourth-order valence-electron chi connectivity index (χ4n) is 1.21. The van der Waals surface area contributed by atoms with E-state index >= 15 is 0 Å². The minimum atomic E-state index is -3.29. The lowest BCUT2D eigenvalue weighted by molar-refractivity contribution is 0.140. The van der Waals surface area contributed by atoms with E-state index in [-0.39, 0.29) is 0 Å². The molecule has 3 nitrogen and oxygen atoms in total. The minimum absolute atomic E-state index is 0.674. The van der Waals surface area contributed by atoms with Crippen molar-refractivity contribution in [1.82, 2.24) is 0 Å². The molecule has 0 aliphatic heterocycles. The predicted molar refractivity (Wildman–Crippen MR) is 62.9 cm³/mol. The molecule has 5 heteroatoms. The quantitative estimate of drug-likeness (QED) is 0.889. The highest BCUT2D eigenvalue weighted by Gasteiger charge is 2.39. The van der Waals surface area contributed by atoms with Crippen molar-refractivity contribution in [2.24, 2.45) is 0 Å². The van der Waals surface area contributed by atoms with Crippen molar-refractivity contribution in [2.75, 3.05) is 6.26 Å². The molecule has 1 rings (SSSR count). The molecule has 86 valence electrons. The van der Waals surface area contributed by atoms with Crippen LogP contribution in [-0.2, 0) is 9.84 Å². The van der Waals surface area contributed by atoms with Gasteiger partial charge in [0, 0.05) is 11.1 Å². The van der Waals surface area contributed by atoms with E-state index in [2.05, 4.69) is 0 Å². The molecule has 1 aromatic rings. The molecule has 1 unspecified atom stereocenters. The lowest BCUT2D eigenvalue weighted by Gasteiger charge is -2.28. The van der Waals surface area contributed by atoms with Gasteiger partial charge in [0.25, 0.3) is 0 Å². The van der Waals surface area contributed by atoms with Gasteiger partial charge in [-0.3, -0.25) is 0 Å². The van der Waals surface area contributed by atoms with E-state index in [0.29, 0.717) is 5.56 Å². The number of rotatable bonds is 3. The zero-order chi connectivity index (χ0) is 11.9. The maximum absolute atomic E-state index is 11.5. The first-order valence-corrected chi connectivity index (χ1v) is 7.36. The molecule has 0 bridgehead atoms. The van der Waals surface area contributed by atoms with Gasteiger partial charge in [-0.05, 0) is 37.8 Å². The van der Waals surface area contributed by atoms with Gasteiger partial charge in [-0.2, -0.15) is 0 Å². The third kappa shape index (κ3) is 2.41. The van der Waals surface area contributed by atoms with E-state index in [4.69, 9.17) is 0 Å². The first-order chi connectivity index (χ1) is 6.66. The normalized spacial score (nSPS) is 15.3. The molecule has 0 radical (unpaired) electrons. The van der Waals surface area contributed by atoms with E-state index in [1.165, 1.54) is 11.3 Å². The van der Waals surface area contributed by atoms with Gasteiger partial charge in [-0.15, -0.1) is 11.3 Å². The molecular formula is C10H16O3S2. The Labute approximate surface area is 94.7 Å². The summed E-state index contributed by atoms with van der Waals surface area (Å²) in [4.78, 5) is 1.06. The SMILES string of the molecule is Cc1cc(C(O)C(C)(C)S(C)(=O)=O)cs1. The Morgan fingerprint density at radius 1 is 1.47 bits per heavy atom. The number of sulfone groups is 1. The Bertz CT molecular complexity index is 443. The zero-order valence-corrected chi connectivity index (χ0v) is 10.9. The Morgan fingerprint density at radius 3 is 2.33 bits per heavy atom. The van der Waals surface area contributed by atoms with Crippen LogP contribution in [0.5, 0.6) is 0 Å². The lowest BCUT2D eigenvalue weighted by atomic mass is 10.0. The molecule has 0 saturated heterocycles.